The zero-order chi connectivity index (χ0) is 14.8. The molecule has 0 saturated carbocycles. The Morgan fingerprint density at radius 2 is 2.00 bits per heavy atom. The summed E-state index contributed by atoms with van der Waals surface area (Å²) in [6, 6.07) is 6.43. The fourth-order valence-corrected chi connectivity index (χ4v) is 1.63. The van der Waals surface area contributed by atoms with Crippen LogP contribution in [0.15, 0.2) is 36.7 Å². The second-order valence-corrected chi connectivity index (χ2v) is 3.96. The molecule has 0 aliphatic carbocycles. The minimum Gasteiger partial charge on any atom is -0.396 e. The summed E-state index contributed by atoms with van der Waals surface area (Å²) in [4.78, 5) is 3.78. The molecule has 0 aliphatic rings. The van der Waals surface area contributed by atoms with E-state index in [1.807, 2.05) is 0 Å². The van der Waals surface area contributed by atoms with Crippen molar-refractivity contribution in [1.29, 1.82) is 5.26 Å². The molecule has 0 fully saturated rings. The van der Waals surface area contributed by atoms with E-state index in [1.165, 1.54) is 24.5 Å². The van der Waals surface area contributed by atoms with Gasteiger partial charge in [0.2, 0.25) is 0 Å². The lowest BCUT2D eigenvalue weighted by Crippen LogP contribution is -2.08. The molecule has 0 unspecified atom stereocenters. The number of rotatable bonds is 2. The average molecular weight is 278 g/mol. The average Bonchev–Trinajstić information content (AvgIpc) is 2.40. The Morgan fingerprint density at radius 3 is 2.60 bits per heavy atom. The second-order valence-electron chi connectivity index (χ2n) is 3.96. The van der Waals surface area contributed by atoms with E-state index in [4.69, 9.17) is 11.0 Å². The van der Waals surface area contributed by atoms with Crippen LogP contribution in [0.4, 0.5) is 30.2 Å². The van der Waals surface area contributed by atoms with Gasteiger partial charge < -0.3 is 11.1 Å². The largest absolute Gasteiger partial charge is 0.417 e. The summed E-state index contributed by atoms with van der Waals surface area (Å²) >= 11 is 0. The van der Waals surface area contributed by atoms with Crippen LogP contribution in [0.2, 0.25) is 0 Å². The summed E-state index contributed by atoms with van der Waals surface area (Å²) in [5, 5.41) is 11.5. The van der Waals surface area contributed by atoms with Gasteiger partial charge >= 0.3 is 6.18 Å². The van der Waals surface area contributed by atoms with Gasteiger partial charge in [-0.15, -0.1) is 0 Å². The van der Waals surface area contributed by atoms with Gasteiger partial charge in [-0.05, 0) is 24.3 Å². The lowest BCUT2D eigenvalue weighted by molar-refractivity contribution is -0.137. The quantitative estimate of drug-likeness (QED) is 0.883. The number of benzene rings is 1. The highest BCUT2D eigenvalue weighted by Crippen LogP contribution is 2.34. The smallest absolute Gasteiger partial charge is 0.396 e. The molecular weight excluding hydrogens is 269 g/mol. The van der Waals surface area contributed by atoms with Gasteiger partial charge in [-0.25, -0.2) is 0 Å². The van der Waals surface area contributed by atoms with Crippen molar-refractivity contribution in [3.8, 4) is 6.07 Å². The number of alkyl halides is 3. The monoisotopic (exact) mass is 278 g/mol. The minimum absolute atomic E-state index is 0.189. The van der Waals surface area contributed by atoms with E-state index in [9.17, 15) is 13.2 Å². The van der Waals surface area contributed by atoms with Gasteiger partial charge in [0.15, 0.2) is 0 Å². The lowest BCUT2D eigenvalue weighted by Gasteiger charge is -2.13. The van der Waals surface area contributed by atoms with Crippen LogP contribution in [0, 0.1) is 11.3 Å². The Balaban J connectivity index is 2.40. The van der Waals surface area contributed by atoms with E-state index < -0.39 is 17.3 Å². The number of hydrogen-bond donors (Lipinski definition) is 2. The standard InChI is InChI=1S/C13H9F3N4/c14-13(15,16)10-5-9(2-1-8(10)6-17)20-12-3-4-19-7-11(12)18/h1-5,7H,18H2,(H,19,20). The molecule has 0 spiro atoms. The van der Waals surface area contributed by atoms with Crippen LogP contribution < -0.4 is 11.1 Å². The summed E-state index contributed by atoms with van der Waals surface area (Å²) in [6.45, 7) is 0. The van der Waals surface area contributed by atoms with Gasteiger partial charge in [0.05, 0.1) is 34.8 Å². The first-order chi connectivity index (χ1) is 9.41. The van der Waals surface area contributed by atoms with E-state index in [0.717, 1.165) is 12.1 Å². The number of aromatic nitrogens is 1. The fraction of sp³-hybridized carbons (Fsp3) is 0.0769. The Labute approximate surface area is 112 Å². The molecule has 0 radical (unpaired) electrons. The molecule has 2 rings (SSSR count). The fourth-order valence-electron chi connectivity index (χ4n) is 1.63. The first-order valence-corrected chi connectivity index (χ1v) is 5.49. The number of hydrogen-bond acceptors (Lipinski definition) is 4. The van der Waals surface area contributed by atoms with Gasteiger partial charge in [-0.3, -0.25) is 4.98 Å². The van der Waals surface area contributed by atoms with Gasteiger partial charge in [0.25, 0.3) is 0 Å². The predicted octanol–water partition coefficient (Wildman–Crippen LogP) is 3.30. The number of nitrogens with zero attached hydrogens (tertiary/aromatic N) is 2. The van der Waals surface area contributed by atoms with Gasteiger partial charge in [0, 0.05) is 11.9 Å². The van der Waals surface area contributed by atoms with Gasteiger partial charge in [-0.1, -0.05) is 0 Å². The molecule has 102 valence electrons. The zero-order valence-electron chi connectivity index (χ0n) is 10.1. The number of anilines is 3. The summed E-state index contributed by atoms with van der Waals surface area (Å²) in [5.41, 5.74) is 5.18. The van der Waals surface area contributed by atoms with Crippen molar-refractivity contribution >= 4 is 17.1 Å². The van der Waals surface area contributed by atoms with Crippen LogP contribution in [0.25, 0.3) is 0 Å². The molecular formula is C13H9F3N4. The van der Waals surface area contributed by atoms with E-state index in [-0.39, 0.29) is 5.69 Å². The van der Waals surface area contributed by atoms with E-state index in [1.54, 1.807) is 6.07 Å². The molecule has 4 nitrogen and oxygen atoms in total. The van der Waals surface area contributed by atoms with E-state index >= 15 is 0 Å². The Kier molecular flexibility index (Phi) is 3.48. The third-order valence-corrected chi connectivity index (χ3v) is 2.58. The van der Waals surface area contributed by atoms with E-state index in [2.05, 4.69) is 10.3 Å². The summed E-state index contributed by atoms with van der Waals surface area (Å²) < 4.78 is 38.5. The predicted molar refractivity (Wildman–Crippen MR) is 68.1 cm³/mol. The van der Waals surface area contributed by atoms with Crippen molar-refractivity contribution in [2.45, 2.75) is 6.18 Å². The first-order valence-electron chi connectivity index (χ1n) is 5.49. The maximum Gasteiger partial charge on any atom is 0.417 e. The van der Waals surface area contributed by atoms with Crippen molar-refractivity contribution in [2.75, 3.05) is 11.1 Å². The summed E-state index contributed by atoms with van der Waals surface area (Å²) in [6.07, 6.45) is -1.74. The minimum atomic E-state index is -4.59. The maximum absolute atomic E-state index is 12.8. The highest BCUT2D eigenvalue weighted by Gasteiger charge is 2.33. The molecule has 1 aromatic heterocycles. The first kappa shape index (κ1) is 13.7. The van der Waals surface area contributed by atoms with Crippen LogP contribution in [-0.2, 0) is 6.18 Å². The SMILES string of the molecule is N#Cc1ccc(Nc2ccncc2N)cc1C(F)(F)F. The Bertz CT molecular complexity index is 674. The number of pyridine rings is 1. The molecule has 0 amide bonds. The van der Waals surface area contributed by atoms with Crippen molar-refractivity contribution in [3.05, 3.63) is 47.8 Å². The highest BCUT2D eigenvalue weighted by atomic mass is 19.4. The Morgan fingerprint density at radius 1 is 1.25 bits per heavy atom. The zero-order valence-corrected chi connectivity index (χ0v) is 10.1. The molecule has 7 heteroatoms. The molecule has 0 saturated heterocycles. The van der Waals surface area contributed by atoms with Crippen LogP contribution in [-0.4, -0.2) is 4.98 Å². The van der Waals surface area contributed by atoms with Crippen molar-refractivity contribution in [2.24, 2.45) is 0 Å². The van der Waals surface area contributed by atoms with Crippen molar-refractivity contribution < 1.29 is 13.2 Å². The van der Waals surface area contributed by atoms with E-state index in [0.29, 0.717) is 11.4 Å². The third-order valence-electron chi connectivity index (χ3n) is 2.58. The van der Waals surface area contributed by atoms with Gasteiger partial charge in [0.1, 0.15) is 0 Å². The van der Waals surface area contributed by atoms with Gasteiger partial charge in [-0.2, -0.15) is 18.4 Å². The number of nitrogens with two attached hydrogens (primary N) is 1. The molecule has 1 aromatic carbocycles. The normalized spacial score (nSPS) is 10.9. The lowest BCUT2D eigenvalue weighted by atomic mass is 10.1. The third kappa shape index (κ3) is 2.80. The number of nitrogens with one attached hydrogen (secondary N) is 1. The molecule has 0 aliphatic heterocycles. The second kappa shape index (κ2) is 5.09. The molecule has 3 N–H and O–H groups in total. The van der Waals surface area contributed by atoms with Crippen molar-refractivity contribution in [3.63, 3.8) is 0 Å². The molecule has 2 aromatic rings. The number of nitriles is 1. The topological polar surface area (TPSA) is 74.7 Å². The summed E-state index contributed by atoms with van der Waals surface area (Å²) in [7, 11) is 0. The van der Waals surface area contributed by atoms with Crippen LogP contribution in [0.5, 0.6) is 0 Å². The van der Waals surface area contributed by atoms with Crippen LogP contribution >= 0.6 is 0 Å². The number of halogens is 3. The Hall–Kier alpha value is -2.75. The molecule has 0 bridgehead atoms. The number of nitrogen functional groups attached to an aromatic ring is 1. The molecule has 1 heterocycles. The maximum atomic E-state index is 12.8. The highest BCUT2D eigenvalue weighted by molar-refractivity contribution is 5.72. The molecule has 0 atom stereocenters. The summed E-state index contributed by atoms with van der Waals surface area (Å²) in [5.74, 6) is 0. The molecule has 20 heavy (non-hydrogen) atoms. The van der Waals surface area contributed by atoms with Crippen LogP contribution in [0.3, 0.4) is 0 Å². The van der Waals surface area contributed by atoms with Crippen molar-refractivity contribution in [1.82, 2.24) is 4.98 Å². The van der Waals surface area contributed by atoms with Crippen LogP contribution in [0.1, 0.15) is 11.1 Å².